The Hall–Kier alpha value is -0.820. The molecule has 0 aliphatic carbocycles. The topological polar surface area (TPSA) is 9.23 Å². The van der Waals surface area contributed by atoms with Gasteiger partial charge < -0.3 is 4.74 Å². The highest BCUT2D eigenvalue weighted by atomic mass is 16.5. The second-order valence-corrected chi connectivity index (χ2v) is 2.43. The first-order valence-electron chi connectivity index (χ1n) is 3.71. The van der Waals surface area contributed by atoms with Crippen LogP contribution in [0.5, 0.6) is 0 Å². The van der Waals surface area contributed by atoms with E-state index in [0.29, 0.717) is 0 Å². The van der Waals surface area contributed by atoms with Gasteiger partial charge in [-0.1, -0.05) is 31.4 Å². The Morgan fingerprint density at radius 1 is 1.55 bits per heavy atom. The molecule has 0 aromatic carbocycles. The summed E-state index contributed by atoms with van der Waals surface area (Å²) in [4.78, 5) is 0. The van der Waals surface area contributed by atoms with Gasteiger partial charge in [-0.25, -0.2) is 0 Å². The number of rotatable bonds is 5. The highest BCUT2D eigenvalue weighted by Gasteiger charge is 1.99. The largest absolute Gasteiger partial charge is 0.381 e. The summed E-state index contributed by atoms with van der Waals surface area (Å²) in [6.45, 7) is 9.34. The van der Waals surface area contributed by atoms with Crippen LogP contribution in [0.3, 0.4) is 0 Å². The van der Waals surface area contributed by atoms with Crippen LogP contribution in [-0.2, 0) is 4.74 Å². The molecular weight excluding hydrogens is 136 g/mol. The lowest BCUT2D eigenvalue weighted by Gasteiger charge is -2.08. The Balaban J connectivity index is 3.97. The van der Waals surface area contributed by atoms with E-state index in [1.165, 1.54) is 0 Å². The second-order valence-electron chi connectivity index (χ2n) is 2.43. The van der Waals surface area contributed by atoms with Gasteiger partial charge in [0.15, 0.2) is 0 Å². The van der Waals surface area contributed by atoms with Crippen molar-refractivity contribution in [3.8, 4) is 0 Å². The van der Waals surface area contributed by atoms with E-state index in [9.17, 15) is 0 Å². The molecule has 0 aliphatic heterocycles. The summed E-state index contributed by atoms with van der Waals surface area (Å²) in [5.41, 5.74) is 1.16. The van der Waals surface area contributed by atoms with Crippen LogP contribution >= 0.6 is 0 Å². The van der Waals surface area contributed by atoms with Crippen molar-refractivity contribution in [1.82, 2.24) is 0 Å². The summed E-state index contributed by atoms with van der Waals surface area (Å²) in [6, 6.07) is 0. The molecule has 0 bridgehead atoms. The molecule has 0 spiro atoms. The van der Waals surface area contributed by atoms with Crippen LogP contribution in [0.2, 0.25) is 0 Å². The lowest BCUT2D eigenvalue weighted by Crippen LogP contribution is -2.04. The van der Waals surface area contributed by atoms with Crippen LogP contribution in [0.1, 0.15) is 13.3 Å². The van der Waals surface area contributed by atoms with Crippen molar-refractivity contribution in [2.24, 2.45) is 0 Å². The fraction of sp³-hybridized carbons (Fsp3) is 0.400. The normalized spacial score (nSPS) is 14.2. The zero-order valence-electron chi connectivity index (χ0n) is 7.34. The Morgan fingerprint density at radius 2 is 2.18 bits per heavy atom. The van der Waals surface area contributed by atoms with Crippen molar-refractivity contribution in [3.63, 3.8) is 0 Å². The maximum atomic E-state index is 5.11. The van der Waals surface area contributed by atoms with Gasteiger partial charge >= 0.3 is 0 Å². The molecule has 0 fully saturated rings. The van der Waals surface area contributed by atoms with E-state index >= 15 is 0 Å². The van der Waals surface area contributed by atoms with Crippen LogP contribution < -0.4 is 0 Å². The molecule has 1 atom stereocenters. The summed E-state index contributed by atoms with van der Waals surface area (Å²) in [6.07, 6.45) is 6.68. The Bertz CT molecular complexity index is 156. The smallest absolute Gasteiger partial charge is 0.0583 e. The minimum Gasteiger partial charge on any atom is -0.381 e. The van der Waals surface area contributed by atoms with Crippen LogP contribution in [0.25, 0.3) is 0 Å². The molecule has 0 aromatic heterocycles. The molecule has 0 saturated heterocycles. The quantitative estimate of drug-likeness (QED) is 0.550. The molecule has 0 aliphatic rings. The summed E-state index contributed by atoms with van der Waals surface area (Å²) < 4.78 is 5.11. The van der Waals surface area contributed by atoms with E-state index in [2.05, 4.69) is 13.2 Å². The van der Waals surface area contributed by atoms with Gasteiger partial charge in [-0.2, -0.15) is 0 Å². The van der Waals surface area contributed by atoms with Crippen LogP contribution in [0.15, 0.2) is 37.0 Å². The van der Waals surface area contributed by atoms with E-state index in [-0.39, 0.29) is 6.10 Å². The summed E-state index contributed by atoms with van der Waals surface area (Å²) >= 11 is 0. The molecule has 0 N–H and O–H groups in total. The second kappa shape index (κ2) is 5.93. The third-order valence-electron chi connectivity index (χ3n) is 1.52. The molecule has 1 unspecified atom stereocenters. The van der Waals surface area contributed by atoms with Crippen LogP contribution in [0.4, 0.5) is 0 Å². The van der Waals surface area contributed by atoms with Crippen molar-refractivity contribution in [1.29, 1.82) is 0 Å². The van der Waals surface area contributed by atoms with Crippen molar-refractivity contribution in [2.75, 3.05) is 7.11 Å². The molecule has 0 rings (SSSR count). The maximum Gasteiger partial charge on any atom is 0.0583 e. The summed E-state index contributed by atoms with van der Waals surface area (Å²) in [5, 5.41) is 0. The van der Waals surface area contributed by atoms with Crippen molar-refractivity contribution in [3.05, 3.63) is 37.0 Å². The summed E-state index contributed by atoms with van der Waals surface area (Å²) in [7, 11) is 1.71. The van der Waals surface area contributed by atoms with Gasteiger partial charge in [0.1, 0.15) is 0 Å². The average Bonchev–Trinajstić information content (AvgIpc) is 2.03. The molecular formula is C10H16O. The minimum absolute atomic E-state index is 0.249. The lowest BCUT2D eigenvalue weighted by atomic mass is 10.1. The zero-order chi connectivity index (χ0) is 8.69. The number of ether oxygens (including phenoxy) is 1. The van der Waals surface area contributed by atoms with Crippen LogP contribution in [0, 0.1) is 0 Å². The molecule has 11 heavy (non-hydrogen) atoms. The molecule has 1 heteroatoms. The SMILES string of the molecule is C=C/C=C(\C=C)CC(C)OC. The first-order chi connectivity index (χ1) is 5.24. The van der Waals surface area contributed by atoms with Gasteiger partial charge in [0, 0.05) is 7.11 Å². The highest BCUT2D eigenvalue weighted by molar-refractivity contribution is 5.21. The minimum atomic E-state index is 0.249. The third kappa shape index (κ3) is 4.57. The Morgan fingerprint density at radius 3 is 2.55 bits per heavy atom. The number of methoxy groups -OCH3 is 1. The van der Waals surface area contributed by atoms with Gasteiger partial charge in [0.05, 0.1) is 6.10 Å². The third-order valence-corrected chi connectivity index (χ3v) is 1.52. The van der Waals surface area contributed by atoms with E-state index in [1.807, 2.05) is 19.1 Å². The number of allylic oxidation sites excluding steroid dienone is 3. The highest BCUT2D eigenvalue weighted by Crippen LogP contribution is 2.08. The lowest BCUT2D eigenvalue weighted by molar-refractivity contribution is 0.119. The molecule has 0 saturated carbocycles. The first-order valence-corrected chi connectivity index (χ1v) is 3.71. The Labute approximate surface area is 69.1 Å². The van der Waals surface area contributed by atoms with E-state index in [4.69, 9.17) is 4.74 Å². The maximum absolute atomic E-state index is 5.11. The van der Waals surface area contributed by atoms with E-state index < -0.39 is 0 Å². The Kier molecular flexibility index (Phi) is 5.49. The van der Waals surface area contributed by atoms with Gasteiger partial charge in [0.2, 0.25) is 0 Å². The standard InChI is InChI=1S/C10H16O/c1-5-7-10(6-2)8-9(3)11-4/h5-7,9H,1-2,8H2,3-4H3/b10-7+. The predicted octanol–water partition coefficient (Wildman–Crippen LogP) is 2.71. The molecule has 1 nitrogen and oxygen atoms in total. The molecule has 0 heterocycles. The average molecular weight is 152 g/mol. The van der Waals surface area contributed by atoms with Gasteiger partial charge in [-0.3, -0.25) is 0 Å². The van der Waals surface area contributed by atoms with Crippen LogP contribution in [-0.4, -0.2) is 13.2 Å². The number of hydrogen-bond acceptors (Lipinski definition) is 1. The molecule has 0 amide bonds. The fourth-order valence-corrected chi connectivity index (χ4v) is 0.786. The van der Waals surface area contributed by atoms with Crippen molar-refractivity contribution < 1.29 is 4.74 Å². The summed E-state index contributed by atoms with van der Waals surface area (Å²) in [5.74, 6) is 0. The molecule has 0 aromatic rings. The van der Waals surface area contributed by atoms with Gasteiger partial charge in [0.25, 0.3) is 0 Å². The number of hydrogen-bond donors (Lipinski definition) is 0. The predicted molar refractivity (Wildman–Crippen MR) is 49.6 cm³/mol. The zero-order valence-corrected chi connectivity index (χ0v) is 7.34. The molecule has 62 valence electrons. The first kappa shape index (κ1) is 10.2. The van der Waals surface area contributed by atoms with E-state index in [0.717, 1.165) is 12.0 Å². The van der Waals surface area contributed by atoms with Gasteiger partial charge in [-0.15, -0.1) is 0 Å². The van der Waals surface area contributed by atoms with Crippen molar-refractivity contribution in [2.45, 2.75) is 19.4 Å². The van der Waals surface area contributed by atoms with Gasteiger partial charge in [-0.05, 0) is 18.9 Å². The van der Waals surface area contributed by atoms with Crippen molar-refractivity contribution >= 4 is 0 Å². The fourth-order valence-electron chi connectivity index (χ4n) is 0.786. The monoisotopic (exact) mass is 152 g/mol. The van der Waals surface area contributed by atoms with E-state index in [1.54, 1.807) is 13.2 Å². The molecule has 0 radical (unpaired) electrons.